The zero-order valence-electron chi connectivity index (χ0n) is 13.4. The number of carbonyl (C=O) groups is 2. The van der Waals surface area contributed by atoms with Crippen molar-refractivity contribution < 1.29 is 14.3 Å². The van der Waals surface area contributed by atoms with Crippen LogP contribution in [0.4, 0.5) is 0 Å². The molecule has 2 rings (SSSR count). The second-order valence-electron chi connectivity index (χ2n) is 5.80. The van der Waals surface area contributed by atoms with Crippen molar-refractivity contribution in [3.05, 3.63) is 35.9 Å². The van der Waals surface area contributed by atoms with E-state index in [1.807, 2.05) is 35.2 Å². The van der Waals surface area contributed by atoms with E-state index in [4.69, 9.17) is 10.5 Å². The Labute approximate surface area is 137 Å². The van der Waals surface area contributed by atoms with Crippen molar-refractivity contribution in [2.75, 3.05) is 32.8 Å². The number of hydrogen-bond acceptors (Lipinski definition) is 4. The van der Waals surface area contributed by atoms with Gasteiger partial charge in [0.1, 0.15) is 0 Å². The predicted molar refractivity (Wildman–Crippen MR) is 87.5 cm³/mol. The molecule has 3 N–H and O–H groups in total. The van der Waals surface area contributed by atoms with Crippen molar-refractivity contribution in [3.8, 4) is 0 Å². The predicted octanol–water partition coefficient (Wildman–Crippen LogP) is 0.517. The van der Waals surface area contributed by atoms with E-state index >= 15 is 0 Å². The molecule has 1 aliphatic rings. The second-order valence-corrected chi connectivity index (χ2v) is 5.80. The Hall–Kier alpha value is -1.92. The maximum absolute atomic E-state index is 12.5. The van der Waals surface area contributed by atoms with Crippen LogP contribution in [0.2, 0.25) is 0 Å². The van der Waals surface area contributed by atoms with Crippen LogP contribution in [0.25, 0.3) is 0 Å². The van der Waals surface area contributed by atoms with Gasteiger partial charge in [-0.2, -0.15) is 0 Å². The van der Waals surface area contributed by atoms with Gasteiger partial charge in [0, 0.05) is 26.3 Å². The van der Waals surface area contributed by atoms with E-state index in [9.17, 15) is 9.59 Å². The Balaban J connectivity index is 1.97. The first-order chi connectivity index (χ1) is 11.2. The lowest BCUT2D eigenvalue weighted by Gasteiger charge is -2.30. The van der Waals surface area contributed by atoms with Crippen LogP contribution in [0.1, 0.15) is 18.4 Å². The summed E-state index contributed by atoms with van der Waals surface area (Å²) in [7, 11) is 0. The van der Waals surface area contributed by atoms with E-state index < -0.39 is 0 Å². The van der Waals surface area contributed by atoms with Crippen molar-refractivity contribution in [2.24, 2.45) is 11.7 Å². The van der Waals surface area contributed by atoms with Crippen molar-refractivity contribution in [2.45, 2.75) is 19.4 Å². The lowest BCUT2D eigenvalue weighted by molar-refractivity contribution is -0.134. The smallest absolute Gasteiger partial charge is 0.242 e. The average Bonchev–Trinajstić information content (AvgIpc) is 2.60. The van der Waals surface area contributed by atoms with Gasteiger partial charge in [-0.05, 0) is 24.3 Å². The van der Waals surface area contributed by atoms with Gasteiger partial charge < -0.3 is 20.7 Å². The molecule has 1 aromatic carbocycles. The molecule has 0 unspecified atom stereocenters. The topological polar surface area (TPSA) is 84.7 Å². The van der Waals surface area contributed by atoms with Crippen LogP contribution in [-0.4, -0.2) is 49.6 Å². The molecule has 0 atom stereocenters. The highest BCUT2D eigenvalue weighted by molar-refractivity contribution is 5.85. The van der Waals surface area contributed by atoms with Gasteiger partial charge in [-0.25, -0.2) is 0 Å². The number of benzene rings is 1. The molecular formula is C17H25N3O3. The summed E-state index contributed by atoms with van der Waals surface area (Å²) in [4.78, 5) is 25.6. The molecule has 0 bridgehead atoms. The Bertz CT molecular complexity index is 501. The Morgan fingerprint density at radius 2 is 1.91 bits per heavy atom. The molecule has 1 heterocycles. The van der Waals surface area contributed by atoms with Gasteiger partial charge in [0.2, 0.25) is 11.8 Å². The Kier molecular flexibility index (Phi) is 7.03. The number of amides is 2. The second kappa shape index (κ2) is 9.27. The zero-order chi connectivity index (χ0) is 16.5. The van der Waals surface area contributed by atoms with Crippen LogP contribution in [0.15, 0.2) is 30.3 Å². The van der Waals surface area contributed by atoms with Gasteiger partial charge in [-0.1, -0.05) is 30.3 Å². The fraction of sp³-hybridized carbons (Fsp3) is 0.529. The van der Waals surface area contributed by atoms with E-state index in [1.165, 1.54) is 0 Å². The van der Waals surface area contributed by atoms with Gasteiger partial charge in [0.05, 0.1) is 13.1 Å². The van der Waals surface area contributed by atoms with Crippen LogP contribution in [0.3, 0.4) is 0 Å². The first-order valence-electron chi connectivity index (χ1n) is 8.05. The summed E-state index contributed by atoms with van der Waals surface area (Å²) in [5, 5.41) is 2.56. The molecule has 0 spiro atoms. The minimum absolute atomic E-state index is 0.00785. The number of ether oxygens (including phenoxy) is 1. The van der Waals surface area contributed by atoms with Crippen LogP contribution in [0, 0.1) is 5.92 Å². The first-order valence-corrected chi connectivity index (χ1v) is 8.05. The molecule has 1 aromatic rings. The number of nitrogens with zero attached hydrogens (tertiary/aromatic N) is 1. The number of hydrogen-bond donors (Lipinski definition) is 2. The van der Waals surface area contributed by atoms with E-state index in [2.05, 4.69) is 5.32 Å². The maximum Gasteiger partial charge on any atom is 0.242 e. The molecule has 1 aliphatic heterocycles. The maximum atomic E-state index is 12.5. The molecule has 0 aromatic heterocycles. The fourth-order valence-electron chi connectivity index (χ4n) is 2.66. The number of rotatable bonds is 7. The quantitative estimate of drug-likeness (QED) is 0.767. The van der Waals surface area contributed by atoms with Gasteiger partial charge in [-0.15, -0.1) is 0 Å². The summed E-state index contributed by atoms with van der Waals surface area (Å²) in [6.45, 7) is 2.63. The lowest BCUT2D eigenvalue weighted by Crippen LogP contribution is -2.43. The highest BCUT2D eigenvalue weighted by Crippen LogP contribution is 2.17. The van der Waals surface area contributed by atoms with Crippen LogP contribution < -0.4 is 11.1 Å². The zero-order valence-corrected chi connectivity index (χ0v) is 13.4. The minimum Gasteiger partial charge on any atom is -0.381 e. The molecule has 0 radical (unpaired) electrons. The average molecular weight is 319 g/mol. The highest BCUT2D eigenvalue weighted by Gasteiger charge is 2.21. The van der Waals surface area contributed by atoms with Gasteiger partial charge in [0.15, 0.2) is 0 Å². The molecule has 2 amide bonds. The van der Waals surface area contributed by atoms with E-state index in [-0.39, 0.29) is 24.9 Å². The molecule has 23 heavy (non-hydrogen) atoms. The summed E-state index contributed by atoms with van der Waals surface area (Å²) in [5.41, 5.74) is 6.34. The third-order valence-corrected chi connectivity index (χ3v) is 4.01. The lowest BCUT2D eigenvalue weighted by atomic mass is 9.99. The minimum atomic E-state index is -0.316. The molecular weight excluding hydrogens is 294 g/mol. The summed E-state index contributed by atoms with van der Waals surface area (Å²) >= 11 is 0. The normalized spacial score (nSPS) is 15.2. The molecule has 6 heteroatoms. The molecule has 126 valence electrons. The number of carbonyl (C=O) groups excluding carboxylic acids is 2. The molecule has 0 aliphatic carbocycles. The molecule has 0 saturated carbocycles. The third-order valence-electron chi connectivity index (χ3n) is 4.01. The van der Waals surface area contributed by atoms with Gasteiger partial charge in [-0.3, -0.25) is 9.59 Å². The number of nitrogens with two attached hydrogens (primary N) is 1. The SMILES string of the molecule is NCC(=O)NCC(=O)N(Cc1ccccc1)CC1CCOCC1. The van der Waals surface area contributed by atoms with Gasteiger partial charge in [0.25, 0.3) is 0 Å². The summed E-state index contributed by atoms with van der Waals surface area (Å²) in [6, 6.07) is 9.88. The van der Waals surface area contributed by atoms with Crippen LogP contribution in [-0.2, 0) is 20.9 Å². The standard InChI is InChI=1S/C17H25N3O3/c18-10-16(21)19-11-17(22)20(12-14-4-2-1-3-5-14)13-15-6-8-23-9-7-15/h1-5,15H,6-13,18H2,(H,19,21). The van der Waals surface area contributed by atoms with Crippen LogP contribution in [0.5, 0.6) is 0 Å². The first kappa shape index (κ1) is 17.4. The van der Waals surface area contributed by atoms with Crippen molar-refractivity contribution in [3.63, 3.8) is 0 Å². The Morgan fingerprint density at radius 1 is 1.22 bits per heavy atom. The van der Waals surface area contributed by atoms with Crippen LogP contribution >= 0.6 is 0 Å². The van der Waals surface area contributed by atoms with E-state index in [1.54, 1.807) is 0 Å². The van der Waals surface area contributed by atoms with Crippen molar-refractivity contribution in [1.29, 1.82) is 0 Å². The Morgan fingerprint density at radius 3 is 2.57 bits per heavy atom. The van der Waals surface area contributed by atoms with Gasteiger partial charge >= 0.3 is 0 Å². The van der Waals surface area contributed by atoms with Crippen molar-refractivity contribution in [1.82, 2.24) is 10.2 Å². The fourth-order valence-corrected chi connectivity index (χ4v) is 2.66. The number of nitrogens with one attached hydrogen (secondary N) is 1. The van der Waals surface area contributed by atoms with E-state index in [0.29, 0.717) is 19.0 Å². The summed E-state index contributed by atoms with van der Waals surface area (Å²) < 4.78 is 5.38. The highest BCUT2D eigenvalue weighted by atomic mass is 16.5. The largest absolute Gasteiger partial charge is 0.381 e. The molecule has 6 nitrogen and oxygen atoms in total. The summed E-state index contributed by atoms with van der Waals surface area (Å²) in [6.07, 6.45) is 1.93. The summed E-state index contributed by atoms with van der Waals surface area (Å²) in [5.74, 6) is 0.0489. The monoisotopic (exact) mass is 319 g/mol. The van der Waals surface area contributed by atoms with Crippen molar-refractivity contribution >= 4 is 11.8 Å². The van der Waals surface area contributed by atoms with E-state index in [0.717, 1.165) is 31.6 Å². The third kappa shape index (κ3) is 6.00. The molecule has 1 saturated heterocycles. The molecule has 1 fully saturated rings.